The van der Waals surface area contributed by atoms with Crippen LogP contribution in [0.3, 0.4) is 0 Å². The Hall–Kier alpha value is -7.04. The largest absolute Gasteiger partial charge is 0.480 e. The Balaban J connectivity index is 6.67. The van der Waals surface area contributed by atoms with Crippen molar-refractivity contribution in [3.05, 3.63) is 0 Å². The molecular formula is C36H69N19O10. The summed E-state index contributed by atoms with van der Waals surface area (Å²) in [7, 11) is 0. The first kappa shape index (κ1) is 58.0. The van der Waals surface area contributed by atoms with Gasteiger partial charge >= 0.3 is 5.97 Å². The van der Waals surface area contributed by atoms with Crippen molar-refractivity contribution >= 4 is 71.1 Å². The van der Waals surface area contributed by atoms with Crippen LogP contribution in [0.4, 0.5) is 0 Å². The maximum absolute atomic E-state index is 14.0. The van der Waals surface area contributed by atoms with Crippen LogP contribution in [0.15, 0.2) is 15.0 Å². The lowest BCUT2D eigenvalue weighted by Crippen LogP contribution is -2.60. The lowest BCUT2D eigenvalue weighted by atomic mass is 10.0. The van der Waals surface area contributed by atoms with E-state index in [1.54, 1.807) is 0 Å². The van der Waals surface area contributed by atoms with Crippen molar-refractivity contribution in [2.75, 3.05) is 26.2 Å². The van der Waals surface area contributed by atoms with Crippen LogP contribution in [0.5, 0.6) is 0 Å². The first-order chi connectivity index (χ1) is 30.5. The van der Waals surface area contributed by atoms with Crippen LogP contribution in [0.1, 0.15) is 84.0 Å². The van der Waals surface area contributed by atoms with Gasteiger partial charge in [0.1, 0.15) is 36.3 Å². The van der Waals surface area contributed by atoms with Gasteiger partial charge in [0.25, 0.3) is 0 Å². The maximum Gasteiger partial charge on any atom is 0.326 e. The summed E-state index contributed by atoms with van der Waals surface area (Å²) in [5, 5.41) is 24.3. The smallest absolute Gasteiger partial charge is 0.326 e. The maximum atomic E-state index is 14.0. The SMILES string of the molecule is C[C@H](N)C(=O)N[C@@H](CCCN=C(N)N)C(=O)N[C@@H](CC(N)=O)C(=O)N[C@@H](CCCN=C(N)N)C(=O)N[C@@H](CCC(N)=O)C(=O)N[C@@H](CCCCN)C(=O)N[C@@H](CCCN=C(N)N)C(=O)O. The Morgan fingerprint density at radius 1 is 0.446 bits per heavy atom. The molecular weight excluding hydrogens is 859 g/mol. The molecule has 0 heterocycles. The van der Waals surface area contributed by atoms with Gasteiger partial charge in [0, 0.05) is 26.1 Å². The summed E-state index contributed by atoms with van der Waals surface area (Å²) in [5.41, 5.74) is 54.2. The van der Waals surface area contributed by atoms with Crippen LogP contribution >= 0.6 is 0 Å². The second-order valence-corrected chi connectivity index (χ2v) is 14.8. The molecule has 7 atom stereocenters. The minimum atomic E-state index is -1.72. The molecule has 0 rings (SSSR count). The van der Waals surface area contributed by atoms with E-state index >= 15 is 0 Å². The number of hydrogen-bond acceptors (Lipinski definition) is 14. The molecule has 0 aromatic rings. The molecule has 0 aromatic heterocycles. The summed E-state index contributed by atoms with van der Waals surface area (Å²) in [6.07, 6.45) is -0.867. The molecule has 368 valence electrons. The third kappa shape index (κ3) is 26.9. The fourth-order valence-corrected chi connectivity index (χ4v) is 5.70. The highest BCUT2D eigenvalue weighted by Crippen LogP contribution is 2.09. The minimum Gasteiger partial charge on any atom is -0.480 e. The number of aliphatic imine (C=N–C) groups is 3. The molecule has 0 spiro atoms. The fourth-order valence-electron chi connectivity index (χ4n) is 5.70. The van der Waals surface area contributed by atoms with E-state index in [9.17, 15) is 48.3 Å². The van der Waals surface area contributed by atoms with Gasteiger partial charge in [-0.3, -0.25) is 53.3 Å². The van der Waals surface area contributed by atoms with Crippen molar-refractivity contribution in [3.8, 4) is 0 Å². The average Bonchev–Trinajstić information content (AvgIpc) is 3.20. The Morgan fingerprint density at radius 3 is 1.11 bits per heavy atom. The number of nitrogens with zero attached hydrogens (tertiary/aromatic N) is 3. The number of carbonyl (C=O) groups is 9. The molecule has 0 aromatic carbocycles. The molecule has 0 aliphatic heterocycles. The van der Waals surface area contributed by atoms with Crippen molar-refractivity contribution in [1.29, 1.82) is 0 Å². The molecule has 29 nitrogen and oxygen atoms in total. The minimum absolute atomic E-state index is 0.0197. The summed E-state index contributed by atoms with van der Waals surface area (Å²) < 4.78 is 0. The number of carboxylic acids is 1. The molecule has 29 heteroatoms. The van der Waals surface area contributed by atoms with Crippen molar-refractivity contribution in [2.24, 2.45) is 72.3 Å². The number of guanidine groups is 3. The van der Waals surface area contributed by atoms with E-state index in [2.05, 4.69) is 46.9 Å². The highest BCUT2D eigenvalue weighted by molar-refractivity contribution is 5.98. The quantitative estimate of drug-likeness (QED) is 0.0162. The molecule has 0 unspecified atom stereocenters. The van der Waals surface area contributed by atoms with Gasteiger partial charge in [-0.2, -0.15) is 0 Å². The number of nitrogens with two attached hydrogens (primary N) is 10. The van der Waals surface area contributed by atoms with Crippen LogP contribution in [0.2, 0.25) is 0 Å². The van der Waals surface area contributed by atoms with Gasteiger partial charge in [0.15, 0.2) is 17.9 Å². The molecule has 0 saturated heterocycles. The zero-order valence-electron chi connectivity index (χ0n) is 36.6. The second-order valence-electron chi connectivity index (χ2n) is 14.8. The number of hydrogen-bond donors (Lipinski definition) is 17. The van der Waals surface area contributed by atoms with Crippen molar-refractivity contribution in [3.63, 3.8) is 0 Å². The van der Waals surface area contributed by atoms with Gasteiger partial charge in [0.2, 0.25) is 47.3 Å². The highest BCUT2D eigenvalue weighted by atomic mass is 16.4. The molecule has 8 amide bonds. The topological polar surface area (TPSA) is 543 Å². The summed E-state index contributed by atoms with van der Waals surface area (Å²) in [5.74, 6) is -9.64. The summed E-state index contributed by atoms with van der Waals surface area (Å²) in [4.78, 5) is 129. The molecule has 0 bridgehead atoms. The number of amides is 8. The average molecular weight is 928 g/mol. The monoisotopic (exact) mass is 928 g/mol. The lowest BCUT2D eigenvalue weighted by Gasteiger charge is -2.27. The Morgan fingerprint density at radius 2 is 0.769 bits per heavy atom. The van der Waals surface area contributed by atoms with Gasteiger partial charge < -0.3 is 94.3 Å². The summed E-state index contributed by atoms with van der Waals surface area (Å²) in [6, 6.07) is -9.95. The number of rotatable bonds is 34. The van der Waals surface area contributed by atoms with Crippen molar-refractivity contribution < 1.29 is 48.3 Å². The predicted octanol–water partition coefficient (Wildman–Crippen LogP) is -8.24. The zero-order chi connectivity index (χ0) is 49.6. The normalized spacial score (nSPS) is 13.9. The van der Waals surface area contributed by atoms with Crippen LogP contribution in [-0.4, -0.2) is 145 Å². The molecule has 0 aliphatic carbocycles. The third-order valence-electron chi connectivity index (χ3n) is 9.06. The molecule has 0 radical (unpaired) electrons. The van der Waals surface area contributed by atoms with Gasteiger partial charge in [-0.15, -0.1) is 0 Å². The fraction of sp³-hybridized carbons (Fsp3) is 0.667. The van der Waals surface area contributed by atoms with E-state index in [1.165, 1.54) is 6.92 Å². The highest BCUT2D eigenvalue weighted by Gasteiger charge is 2.34. The molecule has 0 fully saturated rings. The zero-order valence-corrected chi connectivity index (χ0v) is 36.6. The number of primary amides is 2. The number of aliphatic carboxylic acids is 1. The molecule has 0 aliphatic rings. The number of unbranched alkanes of at least 4 members (excludes halogenated alkanes) is 1. The van der Waals surface area contributed by atoms with Crippen molar-refractivity contribution in [2.45, 2.75) is 126 Å². The molecule has 65 heavy (non-hydrogen) atoms. The van der Waals surface area contributed by atoms with E-state index in [-0.39, 0.29) is 89.0 Å². The van der Waals surface area contributed by atoms with E-state index < -0.39 is 115 Å². The molecule has 27 N–H and O–H groups in total. The summed E-state index contributed by atoms with van der Waals surface area (Å²) >= 11 is 0. The predicted molar refractivity (Wildman–Crippen MR) is 238 cm³/mol. The van der Waals surface area contributed by atoms with Crippen LogP contribution < -0.4 is 89.2 Å². The number of nitrogens with one attached hydrogen (secondary N) is 6. The standard InChI is InChI=1S/C36H69N19O10/c1-18(38)27(58)50-20(8-4-14-47-34(41)42)30(61)55-24(17-26(40)57)32(63)52-21(9-5-15-48-35(43)44)28(59)53-22(11-12-25(39)56)31(62)51-19(7-2-3-13-37)29(60)54-23(33(64)65)10-6-16-49-36(45)46/h18-24H,2-17,37-38H2,1H3,(H2,39,56)(H2,40,57)(H,50,58)(H,51,62)(H,52,63)(H,53,59)(H,54,60)(H,55,61)(H,64,65)(H4,41,42,47)(H4,43,44,48)(H4,45,46,49)/t18-,19-,20-,21-,22-,23-,24-/m0/s1. The summed E-state index contributed by atoms with van der Waals surface area (Å²) in [6.45, 7) is 1.70. The Kier molecular flexibility index (Phi) is 28.3. The first-order valence-corrected chi connectivity index (χ1v) is 20.7. The van der Waals surface area contributed by atoms with Gasteiger partial charge in [-0.1, -0.05) is 0 Å². The first-order valence-electron chi connectivity index (χ1n) is 20.7. The Labute approximate surface area is 375 Å². The van der Waals surface area contributed by atoms with Gasteiger partial charge in [-0.05, 0) is 77.7 Å². The van der Waals surface area contributed by atoms with E-state index in [1.807, 2.05) is 0 Å². The lowest BCUT2D eigenvalue weighted by molar-refractivity contribution is -0.142. The van der Waals surface area contributed by atoms with E-state index in [4.69, 9.17) is 57.3 Å². The van der Waals surface area contributed by atoms with Gasteiger partial charge in [0.05, 0.1) is 12.5 Å². The number of carbonyl (C=O) groups excluding carboxylic acids is 8. The third-order valence-corrected chi connectivity index (χ3v) is 9.06. The van der Waals surface area contributed by atoms with Gasteiger partial charge in [-0.25, -0.2) is 4.79 Å². The van der Waals surface area contributed by atoms with E-state index in [0.29, 0.717) is 12.8 Å². The van der Waals surface area contributed by atoms with Crippen LogP contribution in [-0.2, 0) is 43.2 Å². The number of carboxylic acid groups (broad SMARTS) is 1. The van der Waals surface area contributed by atoms with Crippen molar-refractivity contribution in [1.82, 2.24) is 31.9 Å². The second kappa shape index (κ2) is 31.7. The Bertz CT molecular complexity index is 1700. The van der Waals surface area contributed by atoms with E-state index in [0.717, 1.165) is 0 Å². The molecule has 0 saturated carbocycles. The van der Waals surface area contributed by atoms with Crippen LogP contribution in [0, 0.1) is 0 Å². The van der Waals surface area contributed by atoms with Crippen LogP contribution in [0.25, 0.3) is 0 Å².